The number of hydrogen-bond donors (Lipinski definition) is 0. The molecular formula is C17H24N2O2. The molecule has 4 heteroatoms. The van der Waals surface area contributed by atoms with Gasteiger partial charge in [0, 0.05) is 19.6 Å². The molecule has 0 heterocycles. The fourth-order valence-electron chi connectivity index (χ4n) is 1.84. The molecule has 4 nitrogen and oxygen atoms in total. The summed E-state index contributed by atoms with van der Waals surface area (Å²) in [4.78, 5) is 15.4. The number of terminal acetylenes is 1. The van der Waals surface area contributed by atoms with E-state index < -0.39 is 0 Å². The third-order valence-corrected chi connectivity index (χ3v) is 3.51. The summed E-state index contributed by atoms with van der Waals surface area (Å²) in [6, 6.07) is 7.95. The molecule has 0 radical (unpaired) electrons. The topological polar surface area (TPSA) is 32.8 Å². The molecule has 0 fully saturated rings. The summed E-state index contributed by atoms with van der Waals surface area (Å²) < 4.78 is 5.34. The van der Waals surface area contributed by atoms with Crippen LogP contribution in [0.1, 0.15) is 19.4 Å². The quantitative estimate of drug-likeness (QED) is 0.754. The summed E-state index contributed by atoms with van der Waals surface area (Å²) in [6.07, 6.45) is 5.84. The number of likely N-dealkylation sites (N-methyl/N-ethyl adjacent to an activating group) is 1. The lowest BCUT2D eigenvalue weighted by atomic mass is 10.1. The summed E-state index contributed by atoms with van der Waals surface area (Å²) in [6.45, 7) is 5.27. The zero-order valence-corrected chi connectivity index (χ0v) is 13.3. The van der Waals surface area contributed by atoms with Gasteiger partial charge in [-0.05, 0) is 45.0 Å². The zero-order valence-electron chi connectivity index (χ0n) is 13.3. The number of amides is 1. The number of carbonyl (C=O) groups excluding carboxylic acids is 1. The van der Waals surface area contributed by atoms with Gasteiger partial charge in [0.1, 0.15) is 5.75 Å². The fourth-order valence-corrected chi connectivity index (χ4v) is 1.84. The van der Waals surface area contributed by atoms with E-state index in [2.05, 4.69) is 17.7 Å². The molecule has 114 valence electrons. The van der Waals surface area contributed by atoms with Crippen molar-refractivity contribution in [2.45, 2.75) is 26.3 Å². The van der Waals surface area contributed by atoms with Crippen molar-refractivity contribution in [2.24, 2.45) is 0 Å². The van der Waals surface area contributed by atoms with E-state index in [1.54, 1.807) is 13.1 Å². The highest BCUT2D eigenvalue weighted by Gasteiger charge is 2.12. The smallest absolute Gasteiger partial charge is 0.410 e. The van der Waals surface area contributed by atoms with Crippen molar-refractivity contribution in [3.63, 3.8) is 0 Å². The highest BCUT2D eigenvalue weighted by Crippen LogP contribution is 2.16. The lowest BCUT2D eigenvalue weighted by molar-refractivity contribution is 0.165. The Morgan fingerprint density at radius 3 is 2.76 bits per heavy atom. The molecule has 1 aromatic carbocycles. The molecule has 0 aliphatic carbocycles. The number of benzene rings is 1. The van der Waals surface area contributed by atoms with Crippen molar-refractivity contribution in [3.05, 3.63) is 29.8 Å². The second-order valence-corrected chi connectivity index (χ2v) is 5.20. The highest BCUT2D eigenvalue weighted by molar-refractivity contribution is 5.70. The van der Waals surface area contributed by atoms with E-state index in [9.17, 15) is 4.79 Å². The van der Waals surface area contributed by atoms with Crippen LogP contribution >= 0.6 is 0 Å². The summed E-state index contributed by atoms with van der Waals surface area (Å²) >= 11 is 0. The molecule has 0 aliphatic rings. The first-order chi connectivity index (χ1) is 9.97. The number of rotatable bonds is 6. The Hall–Kier alpha value is -1.99. The van der Waals surface area contributed by atoms with Gasteiger partial charge >= 0.3 is 6.09 Å². The van der Waals surface area contributed by atoms with Crippen LogP contribution in [-0.4, -0.2) is 49.1 Å². The van der Waals surface area contributed by atoms with Gasteiger partial charge in [-0.25, -0.2) is 4.79 Å². The standard InChI is InChI=1S/C17H24N2O2/c1-6-11-19(5)14(3)12-15-9-8-10-16(13-15)21-17(20)18(4)7-2/h1,8-10,13-14H,7,11-12H2,2-5H3/t14-/m0/s1. The maximum atomic E-state index is 11.7. The normalized spacial score (nSPS) is 11.8. The van der Waals surface area contributed by atoms with Gasteiger partial charge in [0.25, 0.3) is 0 Å². The van der Waals surface area contributed by atoms with E-state index in [0.29, 0.717) is 24.9 Å². The van der Waals surface area contributed by atoms with Crippen molar-refractivity contribution < 1.29 is 9.53 Å². The minimum absolute atomic E-state index is 0.324. The lowest BCUT2D eigenvalue weighted by Crippen LogP contribution is -2.31. The number of carbonyl (C=O) groups is 1. The molecule has 1 amide bonds. The SMILES string of the molecule is C#CCN(C)[C@@H](C)Cc1cccc(OC(=O)N(C)CC)c1. The van der Waals surface area contributed by atoms with Crippen LogP contribution in [-0.2, 0) is 6.42 Å². The minimum Gasteiger partial charge on any atom is -0.410 e. The molecule has 0 bridgehead atoms. The monoisotopic (exact) mass is 288 g/mol. The average molecular weight is 288 g/mol. The van der Waals surface area contributed by atoms with Gasteiger partial charge in [0.15, 0.2) is 0 Å². The van der Waals surface area contributed by atoms with Crippen LogP contribution in [0.4, 0.5) is 4.79 Å². The lowest BCUT2D eigenvalue weighted by Gasteiger charge is -2.22. The van der Waals surface area contributed by atoms with Gasteiger partial charge in [-0.15, -0.1) is 6.42 Å². The van der Waals surface area contributed by atoms with Crippen LogP contribution in [0.2, 0.25) is 0 Å². The van der Waals surface area contributed by atoms with Crippen LogP contribution in [0.25, 0.3) is 0 Å². The Labute approximate surface area is 127 Å². The Kier molecular flexibility index (Phi) is 6.77. The maximum absolute atomic E-state index is 11.7. The highest BCUT2D eigenvalue weighted by atomic mass is 16.6. The molecule has 1 rings (SSSR count). The van der Waals surface area contributed by atoms with Gasteiger partial charge < -0.3 is 9.64 Å². The van der Waals surface area contributed by atoms with Crippen LogP contribution in [0.3, 0.4) is 0 Å². The molecule has 0 aliphatic heterocycles. The predicted molar refractivity (Wildman–Crippen MR) is 85.4 cm³/mol. The van der Waals surface area contributed by atoms with E-state index in [-0.39, 0.29) is 6.09 Å². The molecule has 0 N–H and O–H groups in total. The first-order valence-corrected chi connectivity index (χ1v) is 7.13. The molecule has 0 saturated heterocycles. The second kappa shape index (κ2) is 8.33. The fraction of sp³-hybridized carbons (Fsp3) is 0.471. The van der Waals surface area contributed by atoms with E-state index in [1.807, 2.05) is 32.2 Å². The molecule has 1 aromatic rings. The molecule has 0 aromatic heterocycles. The van der Waals surface area contributed by atoms with Gasteiger partial charge in [-0.3, -0.25) is 4.90 Å². The Balaban J connectivity index is 2.68. The van der Waals surface area contributed by atoms with E-state index in [1.165, 1.54) is 4.90 Å². The zero-order chi connectivity index (χ0) is 15.8. The first-order valence-electron chi connectivity index (χ1n) is 7.13. The van der Waals surface area contributed by atoms with Crippen molar-refractivity contribution in [2.75, 3.05) is 27.2 Å². The van der Waals surface area contributed by atoms with Gasteiger partial charge in [0.05, 0.1) is 6.54 Å². The summed E-state index contributed by atoms with van der Waals surface area (Å²) in [5.41, 5.74) is 1.12. The summed E-state index contributed by atoms with van der Waals surface area (Å²) in [5, 5.41) is 0. The Morgan fingerprint density at radius 1 is 1.43 bits per heavy atom. The summed E-state index contributed by atoms with van der Waals surface area (Å²) in [5.74, 6) is 3.22. The third-order valence-electron chi connectivity index (χ3n) is 3.51. The van der Waals surface area contributed by atoms with Crippen molar-refractivity contribution >= 4 is 6.09 Å². The van der Waals surface area contributed by atoms with Crippen molar-refractivity contribution in [3.8, 4) is 18.1 Å². The first kappa shape index (κ1) is 17.1. The van der Waals surface area contributed by atoms with Gasteiger partial charge in [-0.1, -0.05) is 18.1 Å². The van der Waals surface area contributed by atoms with E-state index in [4.69, 9.17) is 11.2 Å². The largest absolute Gasteiger partial charge is 0.414 e. The van der Waals surface area contributed by atoms with Crippen LogP contribution in [0.5, 0.6) is 5.75 Å². The predicted octanol–water partition coefficient (Wildman–Crippen LogP) is 2.63. The Bertz CT molecular complexity index is 508. The molecule has 0 saturated carbocycles. The number of ether oxygens (including phenoxy) is 1. The molecule has 0 unspecified atom stereocenters. The molecule has 1 atom stereocenters. The van der Waals surface area contributed by atoms with E-state index in [0.717, 1.165) is 12.0 Å². The second-order valence-electron chi connectivity index (χ2n) is 5.20. The number of hydrogen-bond acceptors (Lipinski definition) is 3. The van der Waals surface area contributed by atoms with E-state index >= 15 is 0 Å². The van der Waals surface area contributed by atoms with Crippen LogP contribution in [0, 0.1) is 12.3 Å². The van der Waals surface area contributed by atoms with Gasteiger partial charge in [-0.2, -0.15) is 0 Å². The third kappa shape index (κ3) is 5.49. The summed E-state index contributed by atoms with van der Waals surface area (Å²) in [7, 11) is 3.72. The van der Waals surface area contributed by atoms with Gasteiger partial charge in [0.2, 0.25) is 0 Å². The van der Waals surface area contributed by atoms with Crippen molar-refractivity contribution in [1.29, 1.82) is 0 Å². The average Bonchev–Trinajstić information content (AvgIpc) is 2.46. The van der Waals surface area contributed by atoms with Crippen molar-refractivity contribution in [1.82, 2.24) is 9.80 Å². The molecule has 0 spiro atoms. The Morgan fingerprint density at radius 2 is 2.14 bits per heavy atom. The molecule has 21 heavy (non-hydrogen) atoms. The maximum Gasteiger partial charge on any atom is 0.414 e. The minimum atomic E-state index is -0.341. The van der Waals surface area contributed by atoms with Crippen LogP contribution in [0.15, 0.2) is 24.3 Å². The number of nitrogens with zero attached hydrogens (tertiary/aromatic N) is 2. The van der Waals surface area contributed by atoms with Crippen LogP contribution < -0.4 is 4.74 Å². The molecular weight excluding hydrogens is 264 g/mol.